The first kappa shape index (κ1) is 24.9. The molecule has 0 spiro atoms. The average Bonchev–Trinajstić information content (AvgIpc) is 2.78. The molecule has 0 aliphatic carbocycles. The molecule has 174 valence electrons. The molecule has 6 nitrogen and oxygen atoms in total. The number of benzene rings is 3. The normalized spacial score (nSPS) is 11.2. The Morgan fingerprint density at radius 1 is 0.970 bits per heavy atom. The van der Waals surface area contributed by atoms with Crippen molar-refractivity contribution in [3.63, 3.8) is 0 Å². The van der Waals surface area contributed by atoms with E-state index in [9.17, 15) is 13.2 Å². The van der Waals surface area contributed by atoms with E-state index >= 15 is 0 Å². The van der Waals surface area contributed by atoms with Crippen LogP contribution in [0.4, 0.5) is 5.69 Å². The highest BCUT2D eigenvalue weighted by molar-refractivity contribution is 7.92. The van der Waals surface area contributed by atoms with Crippen molar-refractivity contribution in [2.45, 2.75) is 13.5 Å². The lowest BCUT2D eigenvalue weighted by Gasteiger charge is -2.24. The summed E-state index contributed by atoms with van der Waals surface area (Å²) in [6.07, 6.45) is 1.15. The molecule has 0 bridgehead atoms. The van der Waals surface area contributed by atoms with Crippen molar-refractivity contribution < 1.29 is 17.9 Å². The van der Waals surface area contributed by atoms with Crippen molar-refractivity contribution in [2.24, 2.45) is 0 Å². The summed E-state index contributed by atoms with van der Waals surface area (Å²) < 4.78 is 31.7. The minimum absolute atomic E-state index is 0.119. The molecule has 0 heterocycles. The molecular formula is C24H24Cl2N2O4S. The van der Waals surface area contributed by atoms with Crippen LogP contribution in [0.1, 0.15) is 21.5 Å². The predicted octanol–water partition coefficient (Wildman–Crippen LogP) is 5.08. The number of ether oxygens (including phenoxy) is 1. The summed E-state index contributed by atoms with van der Waals surface area (Å²) in [6, 6.07) is 19.0. The SMILES string of the molecule is Cc1c(Cl)cccc1N(Cc1ccc(C(=O)NCCOc2ccccc2Cl)cc1)S(C)(=O)=O. The molecule has 0 aliphatic rings. The standard InChI is InChI=1S/C24H24Cl2N2O4S/c1-17-20(25)7-5-8-22(17)28(33(2,30)31)16-18-10-12-19(13-11-18)24(29)27-14-15-32-23-9-4-3-6-21(23)26/h3-13H,14-16H2,1-2H3,(H,27,29). The van der Waals surface area contributed by atoms with E-state index in [1.54, 1.807) is 61.5 Å². The molecular weight excluding hydrogens is 483 g/mol. The predicted molar refractivity (Wildman–Crippen MR) is 133 cm³/mol. The maximum absolute atomic E-state index is 12.4. The fourth-order valence-electron chi connectivity index (χ4n) is 3.16. The van der Waals surface area contributed by atoms with Crippen LogP contribution in [0.25, 0.3) is 0 Å². The van der Waals surface area contributed by atoms with Crippen molar-refractivity contribution in [3.05, 3.63) is 93.5 Å². The number of hydrogen-bond donors (Lipinski definition) is 1. The van der Waals surface area contributed by atoms with Crippen LogP contribution >= 0.6 is 23.2 Å². The van der Waals surface area contributed by atoms with E-state index in [1.165, 1.54) is 4.31 Å². The minimum atomic E-state index is -3.55. The zero-order valence-electron chi connectivity index (χ0n) is 18.2. The second kappa shape index (κ2) is 10.9. The van der Waals surface area contributed by atoms with E-state index in [0.717, 1.165) is 11.8 Å². The fourth-order valence-corrected chi connectivity index (χ4v) is 4.46. The van der Waals surface area contributed by atoms with Crippen LogP contribution in [-0.4, -0.2) is 33.7 Å². The van der Waals surface area contributed by atoms with Crippen LogP contribution in [0.15, 0.2) is 66.7 Å². The van der Waals surface area contributed by atoms with Crippen molar-refractivity contribution in [2.75, 3.05) is 23.7 Å². The third kappa shape index (κ3) is 6.63. The molecule has 33 heavy (non-hydrogen) atoms. The van der Waals surface area contributed by atoms with Gasteiger partial charge in [0, 0.05) is 10.6 Å². The van der Waals surface area contributed by atoms with E-state index in [-0.39, 0.29) is 19.1 Å². The van der Waals surface area contributed by atoms with Gasteiger partial charge in [0.2, 0.25) is 10.0 Å². The van der Waals surface area contributed by atoms with Crippen LogP contribution in [-0.2, 0) is 16.6 Å². The summed E-state index contributed by atoms with van der Waals surface area (Å²) in [5.74, 6) is 0.304. The summed E-state index contributed by atoms with van der Waals surface area (Å²) in [5, 5.41) is 3.79. The highest BCUT2D eigenvalue weighted by Crippen LogP contribution is 2.29. The number of para-hydroxylation sites is 1. The number of hydrogen-bond acceptors (Lipinski definition) is 4. The molecule has 9 heteroatoms. The van der Waals surface area contributed by atoms with Gasteiger partial charge < -0.3 is 10.1 Å². The number of nitrogens with one attached hydrogen (secondary N) is 1. The van der Waals surface area contributed by atoms with Gasteiger partial charge in [0.15, 0.2) is 0 Å². The molecule has 0 aromatic heterocycles. The summed E-state index contributed by atoms with van der Waals surface area (Å²) in [6.45, 7) is 2.48. The third-order valence-corrected chi connectivity index (χ3v) is 6.78. The van der Waals surface area contributed by atoms with Crippen LogP contribution in [0.3, 0.4) is 0 Å². The van der Waals surface area contributed by atoms with Gasteiger partial charge in [-0.05, 0) is 54.4 Å². The van der Waals surface area contributed by atoms with Crippen molar-refractivity contribution in [1.29, 1.82) is 0 Å². The summed E-state index contributed by atoms with van der Waals surface area (Å²) >= 11 is 12.2. The largest absolute Gasteiger partial charge is 0.490 e. The van der Waals surface area contributed by atoms with E-state index in [4.69, 9.17) is 27.9 Å². The van der Waals surface area contributed by atoms with Gasteiger partial charge >= 0.3 is 0 Å². The average molecular weight is 507 g/mol. The lowest BCUT2D eigenvalue weighted by Crippen LogP contribution is -2.30. The van der Waals surface area contributed by atoms with Crippen molar-refractivity contribution >= 4 is 44.8 Å². The lowest BCUT2D eigenvalue weighted by atomic mass is 10.1. The zero-order valence-corrected chi connectivity index (χ0v) is 20.5. The number of anilines is 1. The van der Waals surface area contributed by atoms with Crippen LogP contribution < -0.4 is 14.4 Å². The van der Waals surface area contributed by atoms with Gasteiger partial charge in [-0.2, -0.15) is 0 Å². The molecule has 0 radical (unpaired) electrons. The highest BCUT2D eigenvalue weighted by Gasteiger charge is 2.20. The van der Waals surface area contributed by atoms with Gasteiger partial charge in [-0.3, -0.25) is 9.10 Å². The van der Waals surface area contributed by atoms with Crippen LogP contribution in [0.2, 0.25) is 10.0 Å². The van der Waals surface area contributed by atoms with E-state index < -0.39 is 10.0 Å². The number of carbonyl (C=O) groups excluding carboxylic acids is 1. The number of nitrogens with zero attached hydrogens (tertiary/aromatic N) is 1. The van der Waals surface area contributed by atoms with Gasteiger partial charge in [0.05, 0.1) is 30.1 Å². The van der Waals surface area contributed by atoms with Gasteiger partial charge in [-0.15, -0.1) is 0 Å². The molecule has 0 saturated heterocycles. The van der Waals surface area contributed by atoms with E-state index in [1.807, 2.05) is 12.1 Å². The Morgan fingerprint density at radius 2 is 1.64 bits per heavy atom. The molecule has 3 rings (SSSR count). The minimum Gasteiger partial charge on any atom is -0.490 e. The third-order valence-electron chi connectivity index (χ3n) is 4.93. The van der Waals surface area contributed by atoms with Gasteiger partial charge in [-0.1, -0.05) is 53.5 Å². The number of carbonyl (C=O) groups is 1. The van der Waals surface area contributed by atoms with Gasteiger partial charge in [-0.25, -0.2) is 8.42 Å². The summed E-state index contributed by atoms with van der Waals surface area (Å²) in [4.78, 5) is 12.4. The van der Waals surface area contributed by atoms with Crippen molar-refractivity contribution in [1.82, 2.24) is 5.32 Å². The molecule has 1 amide bonds. The van der Waals surface area contributed by atoms with Crippen LogP contribution in [0, 0.1) is 6.92 Å². The van der Waals surface area contributed by atoms with Gasteiger partial charge in [0.25, 0.3) is 5.91 Å². The first-order valence-corrected chi connectivity index (χ1v) is 12.7. The molecule has 0 atom stereocenters. The number of amides is 1. The topological polar surface area (TPSA) is 75.7 Å². The molecule has 0 saturated carbocycles. The Hall–Kier alpha value is -2.74. The monoisotopic (exact) mass is 506 g/mol. The smallest absolute Gasteiger partial charge is 0.251 e. The maximum atomic E-state index is 12.4. The Kier molecular flexibility index (Phi) is 8.24. The second-order valence-electron chi connectivity index (χ2n) is 7.39. The quantitative estimate of drug-likeness (QED) is 0.410. The number of rotatable bonds is 9. The highest BCUT2D eigenvalue weighted by atomic mass is 35.5. The van der Waals surface area contributed by atoms with E-state index in [0.29, 0.717) is 39.2 Å². The first-order valence-electron chi connectivity index (χ1n) is 10.1. The molecule has 1 N–H and O–H groups in total. The molecule has 3 aromatic carbocycles. The zero-order chi connectivity index (χ0) is 24.0. The molecule has 0 aliphatic heterocycles. The van der Waals surface area contributed by atoms with E-state index in [2.05, 4.69) is 5.32 Å². The second-order valence-corrected chi connectivity index (χ2v) is 10.1. The molecule has 0 unspecified atom stereocenters. The van der Waals surface area contributed by atoms with Crippen molar-refractivity contribution in [3.8, 4) is 5.75 Å². The fraction of sp³-hybridized carbons (Fsp3) is 0.208. The Bertz CT molecular complexity index is 1230. The van der Waals surface area contributed by atoms with Gasteiger partial charge in [0.1, 0.15) is 12.4 Å². The summed E-state index contributed by atoms with van der Waals surface area (Å²) in [5.41, 5.74) is 2.39. The lowest BCUT2D eigenvalue weighted by molar-refractivity contribution is 0.0947. The first-order chi connectivity index (χ1) is 15.7. The maximum Gasteiger partial charge on any atom is 0.251 e. The molecule has 0 fully saturated rings. The number of sulfonamides is 1. The molecule has 3 aromatic rings. The summed E-state index contributed by atoms with van der Waals surface area (Å²) in [7, 11) is -3.55. The Labute approximate surface area is 204 Å². The van der Waals surface area contributed by atoms with Crippen LogP contribution in [0.5, 0.6) is 5.75 Å². The Balaban J connectivity index is 1.62. The Morgan fingerprint density at radius 3 is 2.30 bits per heavy atom. The number of halogens is 2.